The van der Waals surface area contributed by atoms with Gasteiger partial charge >= 0.3 is 0 Å². The molecule has 2 aliphatic rings. The summed E-state index contributed by atoms with van der Waals surface area (Å²) in [4.78, 5) is 19.7. The number of hydrogen-bond donors (Lipinski definition) is 1. The number of nitrogens with one attached hydrogen (secondary N) is 1. The van der Waals surface area contributed by atoms with Gasteiger partial charge in [0, 0.05) is 55.7 Å². The van der Waals surface area contributed by atoms with Gasteiger partial charge in [0.25, 0.3) is 0 Å². The number of rotatable bonds is 7. The molecular weight excluding hydrogens is 476 g/mol. The predicted molar refractivity (Wildman–Crippen MR) is 148 cm³/mol. The summed E-state index contributed by atoms with van der Waals surface area (Å²) in [6.07, 6.45) is 2.43. The largest absolute Gasteiger partial charge is 0.358 e. The van der Waals surface area contributed by atoms with Crippen LogP contribution in [0.2, 0.25) is 5.02 Å². The third-order valence-corrected chi connectivity index (χ3v) is 7.76. The monoisotopic (exact) mass is 512 g/mol. The molecule has 5 nitrogen and oxygen atoms in total. The maximum absolute atomic E-state index is 13.0. The van der Waals surface area contributed by atoms with Crippen LogP contribution in [-0.4, -0.2) is 70.0 Å². The smallest absolute Gasteiger partial charge is 0.222 e. The van der Waals surface area contributed by atoms with Gasteiger partial charge in [-0.25, -0.2) is 0 Å². The van der Waals surface area contributed by atoms with Crippen molar-refractivity contribution in [3.8, 4) is 0 Å². The molecule has 4 rings (SSSR count). The van der Waals surface area contributed by atoms with Crippen LogP contribution in [-0.2, 0) is 4.79 Å². The molecule has 2 fully saturated rings. The number of piperazine rings is 1. The first-order chi connectivity index (χ1) is 16.7. The van der Waals surface area contributed by atoms with E-state index in [9.17, 15) is 4.79 Å². The van der Waals surface area contributed by atoms with E-state index >= 15 is 0 Å². The SMILES string of the molecule is C[C@H]1CC(C)(C)NC(=S)N1CCCC(=O)N1CCN([C@@H](c2ccccc2)c2ccc(Cl)cc2)CC1. The highest BCUT2D eigenvalue weighted by Crippen LogP contribution is 2.30. The van der Waals surface area contributed by atoms with Gasteiger partial charge < -0.3 is 15.1 Å². The Morgan fingerprint density at radius 1 is 1.06 bits per heavy atom. The van der Waals surface area contributed by atoms with Crippen LogP contribution >= 0.6 is 23.8 Å². The van der Waals surface area contributed by atoms with E-state index in [0.717, 1.165) is 55.7 Å². The zero-order chi connectivity index (χ0) is 25.0. The molecule has 35 heavy (non-hydrogen) atoms. The van der Waals surface area contributed by atoms with Gasteiger partial charge in [-0.2, -0.15) is 0 Å². The predicted octanol–water partition coefficient (Wildman–Crippen LogP) is 5.10. The fourth-order valence-corrected chi connectivity index (χ4v) is 6.14. The topological polar surface area (TPSA) is 38.8 Å². The molecule has 2 aliphatic heterocycles. The van der Waals surface area contributed by atoms with E-state index in [1.807, 2.05) is 23.1 Å². The van der Waals surface area contributed by atoms with Crippen LogP contribution in [0.5, 0.6) is 0 Å². The molecular formula is C28H37ClN4OS. The summed E-state index contributed by atoms with van der Waals surface area (Å²) < 4.78 is 0. The van der Waals surface area contributed by atoms with Crippen molar-refractivity contribution < 1.29 is 4.79 Å². The number of benzene rings is 2. The summed E-state index contributed by atoms with van der Waals surface area (Å²) in [7, 11) is 0. The molecule has 188 valence electrons. The van der Waals surface area contributed by atoms with Crippen LogP contribution in [0, 0.1) is 0 Å². The van der Waals surface area contributed by atoms with Crippen LogP contribution < -0.4 is 5.32 Å². The molecule has 0 unspecified atom stereocenters. The van der Waals surface area contributed by atoms with Gasteiger partial charge in [0.05, 0.1) is 6.04 Å². The normalized spacial score (nSPS) is 21.5. The lowest BCUT2D eigenvalue weighted by Gasteiger charge is -2.45. The highest BCUT2D eigenvalue weighted by Gasteiger charge is 2.33. The first-order valence-corrected chi connectivity index (χ1v) is 13.4. The fourth-order valence-electron chi connectivity index (χ4n) is 5.47. The Balaban J connectivity index is 1.31. The van der Waals surface area contributed by atoms with Gasteiger partial charge in [-0.1, -0.05) is 54.1 Å². The van der Waals surface area contributed by atoms with Crippen LogP contribution in [0.4, 0.5) is 0 Å². The first-order valence-electron chi connectivity index (χ1n) is 12.6. The summed E-state index contributed by atoms with van der Waals surface area (Å²) in [5.74, 6) is 0.247. The van der Waals surface area contributed by atoms with Gasteiger partial charge in [-0.3, -0.25) is 9.69 Å². The van der Waals surface area contributed by atoms with Gasteiger partial charge in [0.1, 0.15) is 0 Å². The molecule has 0 aliphatic carbocycles. The molecule has 1 N–H and O–H groups in total. The summed E-state index contributed by atoms with van der Waals surface area (Å²) in [6, 6.07) is 19.3. The average Bonchev–Trinajstić information content (AvgIpc) is 2.82. The Bertz CT molecular complexity index is 1010. The number of hydrogen-bond acceptors (Lipinski definition) is 3. The minimum Gasteiger partial charge on any atom is -0.358 e. The molecule has 2 aromatic rings. The first kappa shape index (κ1) is 25.9. The Hall–Kier alpha value is -2.15. The number of nitrogens with zero attached hydrogens (tertiary/aromatic N) is 3. The number of amides is 1. The minimum atomic E-state index is 0.0338. The molecule has 1 amide bonds. The molecule has 7 heteroatoms. The summed E-state index contributed by atoms with van der Waals surface area (Å²) in [5, 5.41) is 4.99. The van der Waals surface area contributed by atoms with E-state index in [-0.39, 0.29) is 17.5 Å². The quantitative estimate of drug-likeness (QED) is 0.522. The number of carbonyl (C=O) groups excluding carboxylic acids is 1. The molecule has 2 heterocycles. The second-order valence-electron chi connectivity index (χ2n) is 10.4. The molecule has 2 atom stereocenters. The standard InChI is InChI=1S/C28H37ClN4OS/c1-21-20-28(2,3)30-27(35)33(21)15-7-10-25(34)31-16-18-32(19-17-31)26(22-8-5-4-6-9-22)23-11-13-24(29)14-12-23/h4-6,8-9,11-14,21,26H,7,10,15-20H2,1-3H3,(H,30,35)/t21-,26-/m0/s1. The van der Waals surface area contributed by atoms with E-state index in [4.69, 9.17) is 23.8 Å². The van der Waals surface area contributed by atoms with Crippen LogP contribution in [0.15, 0.2) is 54.6 Å². The molecule has 0 radical (unpaired) electrons. The lowest BCUT2D eigenvalue weighted by molar-refractivity contribution is -0.133. The minimum absolute atomic E-state index is 0.0338. The average molecular weight is 513 g/mol. The van der Waals surface area contributed by atoms with E-state index in [1.54, 1.807) is 0 Å². The van der Waals surface area contributed by atoms with Crippen molar-refractivity contribution in [3.63, 3.8) is 0 Å². The van der Waals surface area contributed by atoms with E-state index in [1.165, 1.54) is 11.1 Å². The second-order valence-corrected chi connectivity index (χ2v) is 11.3. The highest BCUT2D eigenvalue weighted by atomic mass is 35.5. The van der Waals surface area contributed by atoms with Gasteiger partial charge in [-0.15, -0.1) is 0 Å². The molecule has 0 bridgehead atoms. The van der Waals surface area contributed by atoms with Crippen molar-refractivity contribution in [2.24, 2.45) is 0 Å². The molecule has 2 saturated heterocycles. The zero-order valence-electron chi connectivity index (χ0n) is 21.0. The van der Waals surface area contributed by atoms with E-state index < -0.39 is 0 Å². The summed E-state index contributed by atoms with van der Waals surface area (Å²) in [6.45, 7) is 10.6. The Kier molecular flexibility index (Phi) is 8.35. The van der Waals surface area contributed by atoms with Crippen molar-refractivity contribution in [2.45, 2.75) is 57.7 Å². The van der Waals surface area contributed by atoms with Gasteiger partial charge in [0.2, 0.25) is 5.91 Å². The van der Waals surface area contributed by atoms with Crippen molar-refractivity contribution in [1.29, 1.82) is 0 Å². The van der Waals surface area contributed by atoms with Gasteiger partial charge in [-0.05, 0) is 69.1 Å². The Labute approximate surface area is 220 Å². The fraction of sp³-hybridized carbons (Fsp3) is 0.500. The van der Waals surface area contributed by atoms with Gasteiger partial charge in [0.15, 0.2) is 5.11 Å². The van der Waals surface area contributed by atoms with E-state index in [2.05, 4.69) is 72.3 Å². The number of carbonyl (C=O) groups is 1. The number of halogens is 1. The maximum Gasteiger partial charge on any atom is 0.222 e. The lowest BCUT2D eigenvalue weighted by Crippen LogP contribution is -2.60. The van der Waals surface area contributed by atoms with Crippen molar-refractivity contribution in [2.75, 3.05) is 32.7 Å². The third kappa shape index (κ3) is 6.54. The second kappa shape index (κ2) is 11.3. The Morgan fingerprint density at radius 3 is 2.31 bits per heavy atom. The lowest BCUT2D eigenvalue weighted by atomic mass is 9.93. The van der Waals surface area contributed by atoms with E-state index in [0.29, 0.717) is 12.5 Å². The van der Waals surface area contributed by atoms with Crippen LogP contribution in [0.25, 0.3) is 0 Å². The Morgan fingerprint density at radius 2 is 1.69 bits per heavy atom. The van der Waals surface area contributed by atoms with Crippen LogP contribution in [0.3, 0.4) is 0 Å². The van der Waals surface area contributed by atoms with Crippen LogP contribution in [0.1, 0.15) is 57.2 Å². The molecule has 0 aromatic heterocycles. The molecule has 0 saturated carbocycles. The summed E-state index contributed by atoms with van der Waals surface area (Å²) >= 11 is 11.7. The molecule has 0 spiro atoms. The van der Waals surface area contributed by atoms with Crippen molar-refractivity contribution in [1.82, 2.24) is 20.0 Å². The third-order valence-electron chi connectivity index (χ3n) is 7.17. The maximum atomic E-state index is 13.0. The molecule has 2 aromatic carbocycles. The number of thiocarbonyl (C=S) groups is 1. The van der Waals surface area contributed by atoms with Crippen molar-refractivity contribution in [3.05, 3.63) is 70.7 Å². The summed E-state index contributed by atoms with van der Waals surface area (Å²) in [5.41, 5.74) is 2.52. The highest BCUT2D eigenvalue weighted by molar-refractivity contribution is 7.80. The zero-order valence-corrected chi connectivity index (χ0v) is 22.6. The van der Waals surface area contributed by atoms with Crippen molar-refractivity contribution >= 4 is 34.8 Å².